The molecule has 1 aromatic heterocycles. The van der Waals surface area contributed by atoms with E-state index in [-0.39, 0.29) is 18.6 Å². The summed E-state index contributed by atoms with van der Waals surface area (Å²) in [5.41, 5.74) is 3.71. The molecule has 3 aromatic rings. The quantitative estimate of drug-likeness (QED) is 0.555. The Balaban J connectivity index is 1.46. The van der Waals surface area contributed by atoms with Gasteiger partial charge >= 0.3 is 0 Å². The van der Waals surface area contributed by atoms with Gasteiger partial charge in [0.25, 0.3) is 11.8 Å². The van der Waals surface area contributed by atoms with E-state index in [0.717, 1.165) is 39.1 Å². The van der Waals surface area contributed by atoms with E-state index in [0.29, 0.717) is 29.4 Å². The Morgan fingerprint density at radius 1 is 1.19 bits per heavy atom. The number of anilines is 1. The number of amides is 3. The van der Waals surface area contributed by atoms with Crippen LogP contribution in [-0.2, 0) is 9.53 Å². The molecular formula is C24H23N3O4S. The van der Waals surface area contributed by atoms with Crippen molar-refractivity contribution in [1.29, 1.82) is 0 Å². The zero-order chi connectivity index (χ0) is 22.4. The van der Waals surface area contributed by atoms with Gasteiger partial charge in [-0.25, -0.2) is 4.98 Å². The predicted octanol–water partition coefficient (Wildman–Crippen LogP) is 3.72. The van der Waals surface area contributed by atoms with Crippen LogP contribution < -0.4 is 4.90 Å². The molecule has 1 unspecified atom stereocenters. The third-order valence-corrected chi connectivity index (χ3v) is 6.96. The van der Waals surface area contributed by atoms with Gasteiger partial charge in [-0.15, -0.1) is 0 Å². The lowest BCUT2D eigenvalue weighted by atomic mass is 10.1. The maximum absolute atomic E-state index is 13.4. The highest BCUT2D eigenvalue weighted by atomic mass is 32.1. The summed E-state index contributed by atoms with van der Waals surface area (Å²) in [4.78, 5) is 46.3. The summed E-state index contributed by atoms with van der Waals surface area (Å²) in [6.45, 7) is 4.73. The van der Waals surface area contributed by atoms with Crippen molar-refractivity contribution >= 4 is 44.4 Å². The molecule has 0 N–H and O–H groups in total. The molecule has 1 fully saturated rings. The SMILES string of the molecule is Cc1cc(C)c2nc(N(CC3CCCO3)C(=O)CN3C(=O)c4ccccc4C3=O)sc2c1. The highest BCUT2D eigenvalue weighted by Crippen LogP contribution is 2.33. The van der Waals surface area contributed by atoms with Gasteiger partial charge in [-0.05, 0) is 56.0 Å². The number of hydrogen-bond acceptors (Lipinski definition) is 6. The number of benzene rings is 2. The number of thiazole rings is 1. The van der Waals surface area contributed by atoms with Crippen molar-refractivity contribution in [3.05, 3.63) is 58.7 Å². The Bertz CT molecular complexity index is 1210. The molecule has 0 aliphatic carbocycles. The van der Waals surface area contributed by atoms with Crippen LogP contribution in [-0.4, -0.2) is 53.4 Å². The van der Waals surface area contributed by atoms with Crippen molar-refractivity contribution in [2.75, 3.05) is 24.6 Å². The minimum atomic E-state index is -0.438. The normalized spacial score (nSPS) is 17.9. The molecule has 2 aliphatic rings. The lowest BCUT2D eigenvalue weighted by Gasteiger charge is -2.25. The van der Waals surface area contributed by atoms with E-state index in [1.54, 1.807) is 29.2 Å². The van der Waals surface area contributed by atoms with Gasteiger partial charge in [0.2, 0.25) is 5.91 Å². The fraction of sp³-hybridized carbons (Fsp3) is 0.333. The molecule has 8 heteroatoms. The van der Waals surface area contributed by atoms with Crippen molar-refractivity contribution in [1.82, 2.24) is 9.88 Å². The lowest BCUT2D eigenvalue weighted by Crippen LogP contribution is -2.45. The number of carbonyl (C=O) groups is 3. The Hall–Kier alpha value is -3.10. The third kappa shape index (κ3) is 3.59. The van der Waals surface area contributed by atoms with E-state index in [1.807, 2.05) is 13.8 Å². The number of aryl methyl sites for hydroxylation is 2. The Labute approximate surface area is 189 Å². The molecular weight excluding hydrogens is 426 g/mol. The molecule has 1 atom stereocenters. The minimum Gasteiger partial charge on any atom is -0.376 e. The maximum Gasteiger partial charge on any atom is 0.262 e. The number of hydrogen-bond donors (Lipinski definition) is 0. The number of imide groups is 1. The molecule has 3 amide bonds. The third-order valence-electron chi connectivity index (χ3n) is 5.93. The Morgan fingerprint density at radius 2 is 1.91 bits per heavy atom. The minimum absolute atomic E-state index is 0.0871. The van der Waals surface area contributed by atoms with Crippen LogP contribution in [0.15, 0.2) is 36.4 Å². The van der Waals surface area contributed by atoms with Crippen LogP contribution in [0.25, 0.3) is 10.2 Å². The van der Waals surface area contributed by atoms with Gasteiger partial charge in [0.1, 0.15) is 6.54 Å². The number of ether oxygens (including phenoxy) is 1. The van der Waals surface area contributed by atoms with E-state index >= 15 is 0 Å². The highest BCUT2D eigenvalue weighted by molar-refractivity contribution is 7.22. The van der Waals surface area contributed by atoms with E-state index in [2.05, 4.69) is 12.1 Å². The molecule has 1 saturated heterocycles. The summed E-state index contributed by atoms with van der Waals surface area (Å²) in [6, 6.07) is 10.8. The lowest BCUT2D eigenvalue weighted by molar-refractivity contribution is -0.119. The summed E-state index contributed by atoms with van der Waals surface area (Å²) >= 11 is 1.44. The average molecular weight is 450 g/mol. The summed E-state index contributed by atoms with van der Waals surface area (Å²) < 4.78 is 6.77. The smallest absolute Gasteiger partial charge is 0.262 e. The maximum atomic E-state index is 13.4. The van der Waals surface area contributed by atoms with E-state index < -0.39 is 11.8 Å². The zero-order valence-corrected chi connectivity index (χ0v) is 18.8. The molecule has 164 valence electrons. The van der Waals surface area contributed by atoms with Crippen LogP contribution >= 0.6 is 11.3 Å². The molecule has 0 saturated carbocycles. The van der Waals surface area contributed by atoms with Gasteiger partial charge < -0.3 is 4.74 Å². The van der Waals surface area contributed by atoms with Gasteiger partial charge in [-0.3, -0.25) is 24.2 Å². The fourth-order valence-electron chi connectivity index (χ4n) is 4.36. The second-order valence-corrected chi connectivity index (χ2v) is 9.32. The predicted molar refractivity (Wildman–Crippen MR) is 122 cm³/mol. The Morgan fingerprint density at radius 3 is 2.56 bits per heavy atom. The summed E-state index contributed by atoms with van der Waals surface area (Å²) in [6.07, 6.45) is 1.72. The first-order chi connectivity index (χ1) is 15.4. The fourth-order valence-corrected chi connectivity index (χ4v) is 5.52. The molecule has 0 bridgehead atoms. The molecule has 2 aliphatic heterocycles. The number of nitrogens with zero attached hydrogens (tertiary/aromatic N) is 3. The van der Waals surface area contributed by atoms with Crippen molar-refractivity contribution in [3.8, 4) is 0 Å². The van der Waals surface area contributed by atoms with Crippen LogP contribution in [0, 0.1) is 13.8 Å². The van der Waals surface area contributed by atoms with Crippen molar-refractivity contribution in [2.45, 2.75) is 32.8 Å². The summed E-state index contributed by atoms with van der Waals surface area (Å²) in [5, 5.41) is 0.561. The van der Waals surface area contributed by atoms with Crippen LogP contribution in [0.5, 0.6) is 0 Å². The number of rotatable bonds is 5. The average Bonchev–Trinajstić information content (AvgIpc) is 3.48. The molecule has 32 heavy (non-hydrogen) atoms. The summed E-state index contributed by atoms with van der Waals surface area (Å²) in [5.74, 6) is -1.22. The van der Waals surface area contributed by atoms with Crippen molar-refractivity contribution in [3.63, 3.8) is 0 Å². The monoisotopic (exact) mass is 449 g/mol. The first-order valence-electron chi connectivity index (χ1n) is 10.7. The largest absolute Gasteiger partial charge is 0.376 e. The van der Waals surface area contributed by atoms with Crippen LogP contribution in [0.1, 0.15) is 44.7 Å². The second kappa shape index (κ2) is 8.11. The number of fused-ring (bicyclic) bond motifs is 2. The van der Waals surface area contributed by atoms with Gasteiger partial charge in [0.05, 0.1) is 34.0 Å². The second-order valence-electron chi connectivity index (χ2n) is 8.31. The first kappa shape index (κ1) is 20.8. The van der Waals surface area contributed by atoms with E-state index in [9.17, 15) is 14.4 Å². The number of carbonyl (C=O) groups excluding carboxylic acids is 3. The van der Waals surface area contributed by atoms with Crippen molar-refractivity contribution < 1.29 is 19.1 Å². The van der Waals surface area contributed by atoms with Gasteiger partial charge in [-0.2, -0.15) is 0 Å². The Kier molecular flexibility index (Phi) is 5.27. The van der Waals surface area contributed by atoms with Gasteiger partial charge in [0.15, 0.2) is 5.13 Å². The van der Waals surface area contributed by atoms with Crippen LogP contribution in [0.3, 0.4) is 0 Å². The first-order valence-corrected chi connectivity index (χ1v) is 11.5. The molecule has 3 heterocycles. The molecule has 7 nitrogen and oxygen atoms in total. The highest BCUT2D eigenvalue weighted by Gasteiger charge is 2.38. The van der Waals surface area contributed by atoms with Crippen molar-refractivity contribution in [2.24, 2.45) is 0 Å². The van der Waals surface area contributed by atoms with Crippen LogP contribution in [0.4, 0.5) is 5.13 Å². The standard InChI is InChI=1S/C24H23N3O4S/c1-14-10-15(2)21-19(11-14)32-24(25-21)26(12-16-6-5-9-31-16)20(28)13-27-22(29)17-7-3-4-8-18(17)23(27)30/h3-4,7-8,10-11,16H,5-6,9,12-13H2,1-2H3. The zero-order valence-electron chi connectivity index (χ0n) is 18.0. The topological polar surface area (TPSA) is 79.8 Å². The van der Waals surface area contributed by atoms with Gasteiger partial charge in [0, 0.05) is 6.61 Å². The van der Waals surface area contributed by atoms with Crippen LogP contribution in [0.2, 0.25) is 0 Å². The molecule has 2 aromatic carbocycles. The molecule has 5 rings (SSSR count). The number of aromatic nitrogens is 1. The molecule has 0 spiro atoms. The molecule has 0 radical (unpaired) electrons. The van der Waals surface area contributed by atoms with E-state index in [1.165, 1.54) is 11.3 Å². The van der Waals surface area contributed by atoms with Gasteiger partial charge in [-0.1, -0.05) is 29.5 Å². The van der Waals surface area contributed by atoms with E-state index in [4.69, 9.17) is 9.72 Å². The summed E-state index contributed by atoms with van der Waals surface area (Å²) in [7, 11) is 0.